The Morgan fingerprint density at radius 3 is 2.66 bits per heavy atom. The number of benzene rings is 1. The van der Waals surface area contributed by atoms with Crippen LogP contribution in [-0.4, -0.2) is 46.2 Å². The maximum atomic E-state index is 12.4. The summed E-state index contributed by atoms with van der Waals surface area (Å²) in [5, 5.41) is 7.80. The lowest BCUT2D eigenvalue weighted by atomic mass is 9.95. The molecule has 4 rings (SSSR count). The average Bonchev–Trinajstić information content (AvgIpc) is 3.24. The quantitative estimate of drug-likeness (QED) is 0.534. The number of fused-ring (bicyclic) bond motifs is 1. The second-order valence-corrected chi connectivity index (χ2v) is 8.76. The van der Waals surface area contributed by atoms with Crippen molar-refractivity contribution < 1.29 is 9.53 Å². The predicted molar refractivity (Wildman–Crippen MR) is 127 cm³/mol. The summed E-state index contributed by atoms with van der Waals surface area (Å²) in [5.41, 5.74) is 2.94. The molecule has 0 unspecified atom stereocenters. The van der Waals surface area contributed by atoms with Crippen LogP contribution in [0.5, 0.6) is 5.75 Å². The number of unbranched alkanes of at least 4 members (excludes halogenated alkanes) is 1. The number of hydrogen-bond acceptors (Lipinski definition) is 5. The van der Waals surface area contributed by atoms with E-state index in [1.54, 1.807) is 6.20 Å². The van der Waals surface area contributed by atoms with Gasteiger partial charge in [-0.1, -0.05) is 13.3 Å². The van der Waals surface area contributed by atoms with Crippen LogP contribution in [0.4, 0.5) is 5.82 Å². The van der Waals surface area contributed by atoms with Crippen molar-refractivity contribution in [1.29, 1.82) is 0 Å². The minimum atomic E-state index is 0.0758. The molecule has 1 N–H and O–H groups in total. The number of nitrogens with zero attached hydrogens (tertiary/aromatic N) is 4. The van der Waals surface area contributed by atoms with E-state index in [1.807, 2.05) is 36.7 Å². The van der Waals surface area contributed by atoms with Crippen molar-refractivity contribution in [2.24, 2.45) is 5.92 Å². The number of nitrogens with one attached hydrogen (secondary N) is 1. The molecule has 3 heterocycles. The van der Waals surface area contributed by atoms with Gasteiger partial charge in [-0.25, -0.2) is 9.50 Å². The average molecular weight is 436 g/mol. The monoisotopic (exact) mass is 435 g/mol. The predicted octanol–water partition coefficient (Wildman–Crippen LogP) is 4.32. The smallest absolute Gasteiger partial charge is 0.223 e. The van der Waals surface area contributed by atoms with Gasteiger partial charge < -0.3 is 15.0 Å². The van der Waals surface area contributed by atoms with Crippen molar-refractivity contribution in [3.63, 3.8) is 0 Å². The molecule has 0 bridgehead atoms. The molecule has 1 amide bonds. The zero-order valence-corrected chi connectivity index (χ0v) is 19.3. The number of anilines is 1. The lowest BCUT2D eigenvalue weighted by molar-refractivity contribution is -0.126. The number of aromatic nitrogens is 3. The largest absolute Gasteiger partial charge is 0.494 e. The molecule has 32 heavy (non-hydrogen) atoms. The standard InChI is InChI=1S/C25H33N5O2/c1-4-5-16-32-21-8-6-19(7-9-21)22-17-23-24(26-12-15-30(23)28-22)29-13-10-20(11-14-29)25(31)27-18(2)3/h6-9,12,15,17-18,20H,4-5,10-11,13-14,16H2,1-3H3,(H,27,31). The molecule has 0 atom stereocenters. The van der Waals surface area contributed by atoms with Crippen LogP contribution in [-0.2, 0) is 4.79 Å². The Morgan fingerprint density at radius 1 is 1.22 bits per heavy atom. The summed E-state index contributed by atoms with van der Waals surface area (Å²) >= 11 is 0. The number of rotatable bonds is 8. The van der Waals surface area contributed by atoms with Crippen LogP contribution in [0.1, 0.15) is 46.5 Å². The first kappa shape index (κ1) is 22.1. The fourth-order valence-electron chi connectivity index (χ4n) is 4.11. The Bertz CT molecular complexity index is 1040. The summed E-state index contributed by atoms with van der Waals surface area (Å²) in [7, 11) is 0. The first-order valence-corrected chi connectivity index (χ1v) is 11.7. The van der Waals surface area contributed by atoms with Gasteiger partial charge in [0.1, 0.15) is 11.3 Å². The molecule has 3 aromatic rings. The molecule has 1 aliphatic heterocycles. The fraction of sp³-hybridized carbons (Fsp3) is 0.480. The second-order valence-electron chi connectivity index (χ2n) is 8.76. The highest BCUT2D eigenvalue weighted by Gasteiger charge is 2.27. The van der Waals surface area contributed by atoms with Crippen LogP contribution in [0.3, 0.4) is 0 Å². The number of piperidine rings is 1. The number of carbonyl (C=O) groups excluding carboxylic acids is 1. The molecular formula is C25H33N5O2. The zero-order chi connectivity index (χ0) is 22.5. The summed E-state index contributed by atoms with van der Waals surface area (Å²) in [5.74, 6) is 2.05. The normalized spacial score (nSPS) is 14.8. The molecule has 0 saturated carbocycles. The number of hydrogen-bond donors (Lipinski definition) is 1. The molecule has 0 radical (unpaired) electrons. The maximum absolute atomic E-state index is 12.4. The Morgan fingerprint density at radius 2 is 1.97 bits per heavy atom. The van der Waals surface area contributed by atoms with Crippen molar-refractivity contribution >= 4 is 17.2 Å². The van der Waals surface area contributed by atoms with E-state index in [0.29, 0.717) is 0 Å². The number of amides is 1. The van der Waals surface area contributed by atoms with Gasteiger partial charge in [-0.05, 0) is 63.4 Å². The Labute approximate surface area is 189 Å². The summed E-state index contributed by atoms with van der Waals surface area (Å²) < 4.78 is 7.66. The molecule has 7 heteroatoms. The molecule has 1 aromatic carbocycles. The van der Waals surface area contributed by atoms with E-state index < -0.39 is 0 Å². The van der Waals surface area contributed by atoms with E-state index in [-0.39, 0.29) is 17.9 Å². The van der Waals surface area contributed by atoms with Crippen LogP contribution in [0.2, 0.25) is 0 Å². The van der Waals surface area contributed by atoms with Crippen LogP contribution in [0.15, 0.2) is 42.7 Å². The van der Waals surface area contributed by atoms with Crippen molar-refractivity contribution in [3.05, 3.63) is 42.7 Å². The zero-order valence-electron chi connectivity index (χ0n) is 19.3. The Kier molecular flexibility index (Phi) is 6.93. The molecule has 1 aliphatic rings. The minimum absolute atomic E-state index is 0.0758. The third kappa shape index (κ3) is 5.03. The van der Waals surface area contributed by atoms with E-state index in [2.05, 4.69) is 40.3 Å². The van der Waals surface area contributed by atoms with Gasteiger partial charge in [-0.15, -0.1) is 0 Å². The summed E-state index contributed by atoms with van der Waals surface area (Å²) in [6.45, 7) is 8.53. The maximum Gasteiger partial charge on any atom is 0.223 e. The van der Waals surface area contributed by atoms with Crippen LogP contribution < -0.4 is 15.0 Å². The van der Waals surface area contributed by atoms with Gasteiger partial charge in [0.2, 0.25) is 5.91 Å². The first-order chi connectivity index (χ1) is 15.5. The second kappa shape index (κ2) is 10.0. The molecule has 1 fully saturated rings. The molecule has 0 aliphatic carbocycles. The minimum Gasteiger partial charge on any atom is -0.494 e. The highest BCUT2D eigenvalue weighted by molar-refractivity contribution is 5.80. The van der Waals surface area contributed by atoms with Gasteiger partial charge in [-0.2, -0.15) is 5.10 Å². The highest BCUT2D eigenvalue weighted by Crippen LogP contribution is 2.29. The Balaban J connectivity index is 1.48. The fourth-order valence-corrected chi connectivity index (χ4v) is 4.11. The molecular weight excluding hydrogens is 402 g/mol. The van der Waals surface area contributed by atoms with E-state index in [0.717, 1.165) is 73.7 Å². The van der Waals surface area contributed by atoms with Gasteiger partial charge in [-0.3, -0.25) is 4.79 Å². The highest BCUT2D eigenvalue weighted by atomic mass is 16.5. The lowest BCUT2D eigenvalue weighted by Crippen LogP contribution is -2.42. The van der Waals surface area contributed by atoms with Gasteiger partial charge in [0.25, 0.3) is 0 Å². The third-order valence-corrected chi connectivity index (χ3v) is 5.88. The van der Waals surface area contributed by atoms with Crippen LogP contribution in [0.25, 0.3) is 16.8 Å². The van der Waals surface area contributed by atoms with Gasteiger partial charge in [0.15, 0.2) is 5.82 Å². The first-order valence-electron chi connectivity index (χ1n) is 11.7. The van der Waals surface area contributed by atoms with Crippen molar-refractivity contribution in [3.8, 4) is 17.0 Å². The van der Waals surface area contributed by atoms with Crippen LogP contribution in [0, 0.1) is 5.92 Å². The molecule has 1 saturated heterocycles. The molecule has 7 nitrogen and oxygen atoms in total. The van der Waals surface area contributed by atoms with Crippen LogP contribution >= 0.6 is 0 Å². The van der Waals surface area contributed by atoms with E-state index in [4.69, 9.17) is 9.84 Å². The molecule has 2 aromatic heterocycles. The summed E-state index contributed by atoms with van der Waals surface area (Å²) in [4.78, 5) is 19.3. The van der Waals surface area contributed by atoms with Crippen molar-refractivity contribution in [2.45, 2.75) is 52.5 Å². The van der Waals surface area contributed by atoms with E-state index in [1.165, 1.54) is 0 Å². The van der Waals surface area contributed by atoms with E-state index in [9.17, 15) is 4.79 Å². The molecule has 0 spiro atoms. The number of ether oxygens (including phenoxy) is 1. The Hall–Kier alpha value is -3.09. The summed E-state index contributed by atoms with van der Waals surface area (Å²) in [6, 6.07) is 10.4. The molecule has 170 valence electrons. The van der Waals surface area contributed by atoms with Gasteiger partial charge >= 0.3 is 0 Å². The van der Waals surface area contributed by atoms with E-state index >= 15 is 0 Å². The topological polar surface area (TPSA) is 71.8 Å². The lowest BCUT2D eigenvalue weighted by Gasteiger charge is -2.32. The third-order valence-electron chi connectivity index (χ3n) is 5.88. The van der Waals surface area contributed by atoms with Gasteiger partial charge in [0.05, 0.1) is 12.3 Å². The SMILES string of the molecule is CCCCOc1ccc(-c2cc3c(N4CCC(C(=O)NC(C)C)CC4)nccn3n2)cc1. The van der Waals surface area contributed by atoms with Crippen molar-refractivity contribution in [1.82, 2.24) is 19.9 Å². The van der Waals surface area contributed by atoms with Crippen molar-refractivity contribution in [2.75, 3.05) is 24.6 Å². The van der Waals surface area contributed by atoms with Gasteiger partial charge in [0, 0.05) is 43.0 Å². The summed E-state index contributed by atoms with van der Waals surface area (Å²) in [6.07, 6.45) is 7.53. The number of carbonyl (C=O) groups is 1.